The van der Waals surface area contributed by atoms with Gasteiger partial charge in [-0.2, -0.15) is 11.3 Å². The van der Waals surface area contributed by atoms with Crippen LogP contribution >= 0.6 is 11.3 Å². The summed E-state index contributed by atoms with van der Waals surface area (Å²) in [5, 5.41) is 10.6. The van der Waals surface area contributed by atoms with Gasteiger partial charge in [-0.05, 0) is 47.7 Å². The molecule has 1 saturated heterocycles. The van der Waals surface area contributed by atoms with Crippen LogP contribution in [0.3, 0.4) is 0 Å². The van der Waals surface area contributed by atoms with Crippen LogP contribution in [0.5, 0.6) is 0 Å². The Bertz CT molecular complexity index is 350. The fourth-order valence-corrected chi connectivity index (χ4v) is 2.86. The summed E-state index contributed by atoms with van der Waals surface area (Å²) < 4.78 is 0. The maximum absolute atomic E-state index is 11.8. The molecule has 2 rings (SSSR count). The summed E-state index contributed by atoms with van der Waals surface area (Å²) in [5.41, 5.74) is 1.26. The van der Waals surface area contributed by atoms with Crippen LogP contribution in [0.2, 0.25) is 0 Å². The molecule has 0 spiro atoms. The molecule has 0 saturated carbocycles. The lowest BCUT2D eigenvalue weighted by atomic mass is 9.94. The molecule has 1 aliphatic heterocycles. The summed E-state index contributed by atoms with van der Waals surface area (Å²) in [7, 11) is 0. The zero-order chi connectivity index (χ0) is 12.1. The van der Waals surface area contributed by atoms with Crippen molar-refractivity contribution in [2.75, 3.05) is 13.1 Å². The summed E-state index contributed by atoms with van der Waals surface area (Å²) in [4.78, 5) is 11.8. The number of hydrogen-bond donors (Lipinski definition) is 2. The number of carbonyl (C=O) groups excluding carboxylic acids is 1. The van der Waals surface area contributed by atoms with E-state index in [0.29, 0.717) is 18.4 Å². The van der Waals surface area contributed by atoms with Gasteiger partial charge in [0.15, 0.2) is 0 Å². The van der Waals surface area contributed by atoms with Crippen LogP contribution < -0.4 is 10.6 Å². The zero-order valence-electron chi connectivity index (χ0n) is 10.2. The fourth-order valence-electron chi connectivity index (χ4n) is 2.15. The van der Waals surface area contributed by atoms with Crippen molar-refractivity contribution in [2.24, 2.45) is 5.92 Å². The van der Waals surface area contributed by atoms with Crippen LogP contribution in [0.4, 0.5) is 0 Å². The summed E-state index contributed by atoms with van der Waals surface area (Å²) in [6.45, 7) is 4.19. The SMILES string of the molecule is CC1CCNCC1NC(=O)CCc1ccsc1. The number of aryl methyl sites for hydroxylation is 1. The lowest BCUT2D eigenvalue weighted by Gasteiger charge is -2.30. The first-order valence-corrected chi connectivity index (χ1v) is 7.21. The van der Waals surface area contributed by atoms with Crippen molar-refractivity contribution in [3.8, 4) is 0 Å². The summed E-state index contributed by atoms with van der Waals surface area (Å²) in [6, 6.07) is 2.39. The highest BCUT2D eigenvalue weighted by Crippen LogP contribution is 2.12. The second-order valence-electron chi connectivity index (χ2n) is 4.78. The van der Waals surface area contributed by atoms with Crippen LogP contribution in [-0.2, 0) is 11.2 Å². The largest absolute Gasteiger partial charge is 0.352 e. The highest BCUT2D eigenvalue weighted by atomic mass is 32.1. The standard InChI is InChI=1S/C13H20N2OS/c1-10-4-6-14-8-12(10)15-13(16)3-2-11-5-7-17-9-11/h5,7,9-10,12,14H,2-4,6,8H2,1H3,(H,15,16). The Morgan fingerprint density at radius 1 is 1.65 bits per heavy atom. The van der Waals surface area contributed by atoms with E-state index in [1.54, 1.807) is 11.3 Å². The third-order valence-electron chi connectivity index (χ3n) is 3.39. The molecule has 94 valence electrons. The van der Waals surface area contributed by atoms with E-state index < -0.39 is 0 Å². The number of amides is 1. The maximum Gasteiger partial charge on any atom is 0.220 e. The second kappa shape index (κ2) is 6.17. The molecule has 17 heavy (non-hydrogen) atoms. The van der Waals surface area contributed by atoms with Gasteiger partial charge >= 0.3 is 0 Å². The molecule has 0 aliphatic carbocycles. The average molecular weight is 252 g/mol. The molecule has 1 aromatic heterocycles. The molecule has 1 aromatic rings. The van der Waals surface area contributed by atoms with Gasteiger partial charge in [0.05, 0.1) is 0 Å². The van der Waals surface area contributed by atoms with Gasteiger partial charge in [0, 0.05) is 19.0 Å². The number of carbonyl (C=O) groups is 1. The minimum Gasteiger partial charge on any atom is -0.352 e. The van der Waals surface area contributed by atoms with Crippen LogP contribution in [0.15, 0.2) is 16.8 Å². The van der Waals surface area contributed by atoms with Crippen molar-refractivity contribution in [3.63, 3.8) is 0 Å². The molecule has 4 heteroatoms. The van der Waals surface area contributed by atoms with Crippen molar-refractivity contribution < 1.29 is 4.79 Å². The fraction of sp³-hybridized carbons (Fsp3) is 0.615. The van der Waals surface area contributed by atoms with Gasteiger partial charge in [-0.3, -0.25) is 4.79 Å². The Morgan fingerprint density at radius 2 is 2.53 bits per heavy atom. The molecule has 0 radical (unpaired) electrons. The van der Waals surface area contributed by atoms with E-state index in [4.69, 9.17) is 0 Å². The summed E-state index contributed by atoms with van der Waals surface area (Å²) in [6.07, 6.45) is 2.60. The summed E-state index contributed by atoms with van der Waals surface area (Å²) in [5.74, 6) is 0.762. The lowest BCUT2D eigenvalue weighted by Crippen LogP contribution is -2.50. The molecule has 2 N–H and O–H groups in total. The van der Waals surface area contributed by atoms with Gasteiger partial charge < -0.3 is 10.6 Å². The minimum atomic E-state index is 0.178. The topological polar surface area (TPSA) is 41.1 Å². The Balaban J connectivity index is 1.73. The molecule has 1 amide bonds. The van der Waals surface area contributed by atoms with E-state index in [1.807, 2.05) is 0 Å². The number of hydrogen-bond acceptors (Lipinski definition) is 3. The molecular formula is C13H20N2OS. The Labute approximate surface area is 107 Å². The molecule has 3 nitrogen and oxygen atoms in total. The van der Waals surface area contributed by atoms with E-state index in [1.165, 1.54) is 5.56 Å². The first kappa shape index (κ1) is 12.6. The van der Waals surface area contributed by atoms with Gasteiger partial charge in [-0.1, -0.05) is 6.92 Å². The number of rotatable bonds is 4. The normalized spacial score (nSPS) is 24.5. The van der Waals surface area contributed by atoms with Crippen molar-refractivity contribution in [3.05, 3.63) is 22.4 Å². The quantitative estimate of drug-likeness (QED) is 0.858. The van der Waals surface area contributed by atoms with Gasteiger partial charge in [0.25, 0.3) is 0 Å². The molecule has 2 heterocycles. The third kappa shape index (κ3) is 3.82. The van der Waals surface area contributed by atoms with Gasteiger partial charge in [0.2, 0.25) is 5.91 Å². The monoisotopic (exact) mass is 252 g/mol. The van der Waals surface area contributed by atoms with Crippen LogP contribution in [0.25, 0.3) is 0 Å². The molecule has 0 bridgehead atoms. The van der Waals surface area contributed by atoms with Gasteiger partial charge in [-0.15, -0.1) is 0 Å². The molecule has 1 aliphatic rings. The number of piperidine rings is 1. The molecule has 2 unspecified atom stereocenters. The first-order valence-electron chi connectivity index (χ1n) is 6.27. The smallest absolute Gasteiger partial charge is 0.220 e. The Morgan fingerprint density at radius 3 is 3.24 bits per heavy atom. The number of nitrogens with one attached hydrogen (secondary N) is 2. The Kier molecular flexibility index (Phi) is 4.57. The predicted octanol–water partition coefficient (Wildman–Crippen LogP) is 1.79. The van der Waals surface area contributed by atoms with Crippen LogP contribution in [0, 0.1) is 5.92 Å². The van der Waals surface area contributed by atoms with E-state index in [2.05, 4.69) is 34.4 Å². The van der Waals surface area contributed by atoms with E-state index >= 15 is 0 Å². The van der Waals surface area contributed by atoms with Crippen molar-refractivity contribution in [1.29, 1.82) is 0 Å². The molecular weight excluding hydrogens is 232 g/mol. The highest BCUT2D eigenvalue weighted by Gasteiger charge is 2.22. The lowest BCUT2D eigenvalue weighted by molar-refractivity contribution is -0.122. The average Bonchev–Trinajstić information content (AvgIpc) is 2.82. The van der Waals surface area contributed by atoms with Crippen LogP contribution in [0.1, 0.15) is 25.3 Å². The minimum absolute atomic E-state index is 0.178. The zero-order valence-corrected chi connectivity index (χ0v) is 11.1. The molecule has 0 aromatic carbocycles. The van der Waals surface area contributed by atoms with Crippen molar-refractivity contribution in [1.82, 2.24) is 10.6 Å². The van der Waals surface area contributed by atoms with Gasteiger partial charge in [0.1, 0.15) is 0 Å². The van der Waals surface area contributed by atoms with Gasteiger partial charge in [-0.25, -0.2) is 0 Å². The number of thiophene rings is 1. The molecule has 2 atom stereocenters. The van der Waals surface area contributed by atoms with Crippen molar-refractivity contribution >= 4 is 17.2 Å². The predicted molar refractivity (Wildman–Crippen MR) is 71.2 cm³/mol. The third-order valence-corrected chi connectivity index (χ3v) is 4.13. The summed E-state index contributed by atoms with van der Waals surface area (Å²) >= 11 is 1.69. The highest BCUT2D eigenvalue weighted by molar-refractivity contribution is 7.07. The van der Waals surface area contributed by atoms with E-state index in [9.17, 15) is 4.79 Å². The molecule has 1 fully saturated rings. The first-order chi connectivity index (χ1) is 8.25. The maximum atomic E-state index is 11.8. The van der Waals surface area contributed by atoms with Crippen molar-refractivity contribution in [2.45, 2.75) is 32.2 Å². The van der Waals surface area contributed by atoms with Crippen LogP contribution in [-0.4, -0.2) is 25.0 Å². The Hall–Kier alpha value is -0.870. The van der Waals surface area contributed by atoms with E-state index in [-0.39, 0.29) is 5.91 Å². The second-order valence-corrected chi connectivity index (χ2v) is 5.56. The van der Waals surface area contributed by atoms with E-state index in [0.717, 1.165) is 25.9 Å².